The van der Waals surface area contributed by atoms with Crippen LogP contribution in [0.4, 0.5) is 5.69 Å². The second-order valence-electron chi connectivity index (χ2n) is 8.19. The zero-order chi connectivity index (χ0) is 21.5. The summed E-state index contributed by atoms with van der Waals surface area (Å²) in [4.78, 5) is 52.5. The molecular formula is C24H22N2O5. The number of hydrogen-bond donors (Lipinski definition) is 0. The Morgan fingerprint density at radius 1 is 0.968 bits per heavy atom. The van der Waals surface area contributed by atoms with E-state index in [1.165, 1.54) is 11.1 Å². The largest absolute Gasteiger partial charge is 0.464 e. The van der Waals surface area contributed by atoms with Gasteiger partial charge in [0.2, 0.25) is 5.91 Å². The van der Waals surface area contributed by atoms with Gasteiger partial charge in [0.1, 0.15) is 6.61 Å². The third kappa shape index (κ3) is 3.40. The summed E-state index contributed by atoms with van der Waals surface area (Å²) in [7, 11) is 0. The lowest BCUT2D eigenvalue weighted by Crippen LogP contribution is -2.34. The van der Waals surface area contributed by atoms with Crippen LogP contribution in [0.5, 0.6) is 0 Å². The number of rotatable bonds is 5. The van der Waals surface area contributed by atoms with Crippen LogP contribution in [0.2, 0.25) is 0 Å². The second-order valence-corrected chi connectivity index (χ2v) is 8.19. The van der Waals surface area contributed by atoms with E-state index in [0.717, 1.165) is 29.8 Å². The van der Waals surface area contributed by atoms with E-state index in [9.17, 15) is 19.2 Å². The molecule has 2 aliphatic heterocycles. The minimum Gasteiger partial charge on any atom is -0.464 e. The van der Waals surface area contributed by atoms with Gasteiger partial charge in [-0.05, 0) is 54.7 Å². The predicted octanol–water partition coefficient (Wildman–Crippen LogP) is 2.37. The maximum atomic E-state index is 12.5. The highest BCUT2D eigenvalue weighted by atomic mass is 16.5. The summed E-state index contributed by atoms with van der Waals surface area (Å²) in [6.45, 7) is 0.185. The van der Waals surface area contributed by atoms with Crippen LogP contribution in [-0.4, -0.2) is 48.3 Å². The molecule has 0 bridgehead atoms. The highest BCUT2D eigenvalue weighted by Crippen LogP contribution is 2.31. The van der Waals surface area contributed by atoms with E-state index in [1.54, 1.807) is 29.2 Å². The van der Waals surface area contributed by atoms with Crippen LogP contribution in [0.1, 0.15) is 44.7 Å². The van der Waals surface area contributed by atoms with Gasteiger partial charge < -0.3 is 9.64 Å². The number of carbonyl (C=O) groups is 4. The van der Waals surface area contributed by atoms with Crippen LogP contribution in [0.25, 0.3) is 0 Å². The number of aryl methyl sites for hydroxylation is 2. The number of nitrogens with zero attached hydrogens (tertiary/aromatic N) is 2. The maximum Gasteiger partial charge on any atom is 0.311 e. The first-order valence-corrected chi connectivity index (χ1v) is 10.6. The number of anilines is 1. The van der Waals surface area contributed by atoms with Gasteiger partial charge in [-0.15, -0.1) is 0 Å². The van der Waals surface area contributed by atoms with Gasteiger partial charge in [0.25, 0.3) is 11.8 Å². The Labute approximate surface area is 179 Å². The van der Waals surface area contributed by atoms with Gasteiger partial charge in [0.05, 0.1) is 23.6 Å². The number of fused-ring (bicyclic) bond motifs is 2. The first-order valence-electron chi connectivity index (χ1n) is 10.6. The van der Waals surface area contributed by atoms with Crippen molar-refractivity contribution >= 4 is 29.4 Å². The molecule has 0 N–H and O–H groups in total. The first kappa shape index (κ1) is 19.5. The maximum absolute atomic E-state index is 12.5. The number of ether oxygens (including phenoxy) is 1. The van der Waals surface area contributed by atoms with Gasteiger partial charge in [0.15, 0.2) is 0 Å². The Hall–Kier alpha value is -3.48. The summed E-state index contributed by atoms with van der Waals surface area (Å²) in [5.41, 5.74) is 4.17. The van der Waals surface area contributed by atoms with E-state index in [-0.39, 0.29) is 43.8 Å². The van der Waals surface area contributed by atoms with Crippen molar-refractivity contribution in [3.05, 3.63) is 64.7 Å². The molecule has 1 saturated heterocycles. The lowest BCUT2D eigenvalue weighted by Gasteiger charge is -2.18. The van der Waals surface area contributed by atoms with E-state index in [0.29, 0.717) is 11.1 Å². The summed E-state index contributed by atoms with van der Waals surface area (Å²) in [5, 5.41) is 0. The molecule has 2 aromatic carbocycles. The summed E-state index contributed by atoms with van der Waals surface area (Å²) in [6.07, 6.45) is 3.33. The molecule has 1 aliphatic carbocycles. The van der Waals surface area contributed by atoms with Crippen LogP contribution in [0, 0.1) is 5.92 Å². The smallest absolute Gasteiger partial charge is 0.311 e. The molecule has 7 nitrogen and oxygen atoms in total. The molecule has 3 amide bonds. The molecule has 2 heterocycles. The zero-order valence-electron chi connectivity index (χ0n) is 17.0. The summed E-state index contributed by atoms with van der Waals surface area (Å²) in [5.74, 6) is -1.89. The van der Waals surface area contributed by atoms with E-state index < -0.39 is 11.9 Å². The molecule has 5 rings (SSSR count). The summed E-state index contributed by atoms with van der Waals surface area (Å²) >= 11 is 0. The van der Waals surface area contributed by atoms with Crippen LogP contribution < -0.4 is 4.90 Å². The van der Waals surface area contributed by atoms with Crippen molar-refractivity contribution in [2.45, 2.75) is 25.7 Å². The van der Waals surface area contributed by atoms with Crippen molar-refractivity contribution in [1.29, 1.82) is 0 Å². The van der Waals surface area contributed by atoms with Crippen LogP contribution in [0.15, 0.2) is 42.5 Å². The minimum atomic E-state index is -0.553. The van der Waals surface area contributed by atoms with Crippen LogP contribution in [-0.2, 0) is 27.2 Å². The molecule has 0 spiro atoms. The van der Waals surface area contributed by atoms with Gasteiger partial charge in [-0.2, -0.15) is 0 Å². The van der Waals surface area contributed by atoms with Gasteiger partial charge in [0, 0.05) is 18.7 Å². The third-order valence-electron chi connectivity index (χ3n) is 6.29. The zero-order valence-corrected chi connectivity index (χ0v) is 17.0. The van der Waals surface area contributed by atoms with E-state index in [1.807, 2.05) is 6.07 Å². The molecule has 7 heteroatoms. The summed E-state index contributed by atoms with van der Waals surface area (Å²) in [6, 6.07) is 12.7. The number of amides is 3. The first-order chi connectivity index (χ1) is 15.0. The van der Waals surface area contributed by atoms with Gasteiger partial charge in [-0.1, -0.05) is 18.2 Å². The van der Waals surface area contributed by atoms with E-state index in [2.05, 4.69) is 12.1 Å². The Bertz CT molecular complexity index is 1070. The van der Waals surface area contributed by atoms with E-state index in [4.69, 9.17) is 4.74 Å². The minimum absolute atomic E-state index is 0.00666. The van der Waals surface area contributed by atoms with Crippen molar-refractivity contribution in [2.24, 2.45) is 5.92 Å². The normalized spacial score (nSPS) is 19.7. The predicted molar refractivity (Wildman–Crippen MR) is 112 cm³/mol. The Balaban J connectivity index is 1.17. The van der Waals surface area contributed by atoms with Crippen molar-refractivity contribution in [3.8, 4) is 0 Å². The fourth-order valence-corrected chi connectivity index (χ4v) is 4.64. The SMILES string of the molecule is O=C(OCCN1C(=O)c2ccccc2C1=O)C1CC(=O)N(c2ccc3c(c2)CCC3)C1. The van der Waals surface area contributed by atoms with Crippen molar-refractivity contribution in [1.82, 2.24) is 4.90 Å². The van der Waals surface area contributed by atoms with Gasteiger partial charge in [-0.3, -0.25) is 24.1 Å². The Morgan fingerprint density at radius 2 is 1.68 bits per heavy atom. The molecule has 0 radical (unpaired) electrons. The average Bonchev–Trinajstić information content (AvgIpc) is 3.46. The molecule has 1 fully saturated rings. The highest BCUT2D eigenvalue weighted by Gasteiger charge is 2.38. The standard InChI is InChI=1S/C24H22N2O5/c27-21-13-17(14-26(21)18-9-8-15-4-3-5-16(15)12-18)24(30)31-11-10-25-22(28)19-6-1-2-7-20(19)23(25)29/h1-2,6-9,12,17H,3-5,10-11,13-14H2. The summed E-state index contributed by atoms with van der Waals surface area (Å²) < 4.78 is 5.33. The lowest BCUT2D eigenvalue weighted by molar-refractivity contribution is -0.148. The van der Waals surface area contributed by atoms with Crippen molar-refractivity contribution in [3.63, 3.8) is 0 Å². The number of benzene rings is 2. The number of hydrogen-bond acceptors (Lipinski definition) is 5. The van der Waals surface area contributed by atoms with Crippen molar-refractivity contribution in [2.75, 3.05) is 24.6 Å². The molecular weight excluding hydrogens is 396 g/mol. The molecule has 31 heavy (non-hydrogen) atoms. The lowest BCUT2D eigenvalue weighted by atomic mass is 10.1. The molecule has 0 saturated carbocycles. The molecule has 3 aliphatic rings. The Kier molecular flexibility index (Phi) is 4.81. The van der Waals surface area contributed by atoms with Gasteiger partial charge in [-0.25, -0.2) is 0 Å². The number of esters is 1. The molecule has 0 aromatic heterocycles. The fourth-order valence-electron chi connectivity index (χ4n) is 4.64. The third-order valence-corrected chi connectivity index (χ3v) is 6.29. The monoisotopic (exact) mass is 418 g/mol. The van der Waals surface area contributed by atoms with Crippen molar-refractivity contribution < 1.29 is 23.9 Å². The molecule has 1 atom stereocenters. The Morgan fingerprint density at radius 3 is 2.42 bits per heavy atom. The quantitative estimate of drug-likeness (QED) is 0.550. The molecule has 2 aromatic rings. The second kappa shape index (κ2) is 7.65. The van der Waals surface area contributed by atoms with E-state index >= 15 is 0 Å². The van der Waals surface area contributed by atoms with Gasteiger partial charge >= 0.3 is 5.97 Å². The number of carbonyl (C=O) groups excluding carboxylic acids is 4. The van der Waals surface area contributed by atoms with Crippen LogP contribution in [0.3, 0.4) is 0 Å². The molecule has 1 unspecified atom stereocenters. The number of imide groups is 1. The average molecular weight is 418 g/mol. The fraction of sp³-hybridized carbons (Fsp3) is 0.333. The topological polar surface area (TPSA) is 84.0 Å². The highest BCUT2D eigenvalue weighted by molar-refractivity contribution is 6.21. The molecule has 158 valence electrons. The van der Waals surface area contributed by atoms with Crippen LogP contribution >= 0.6 is 0 Å².